The minimum atomic E-state index is -1.43. The molecule has 1 saturated heterocycles. The Bertz CT molecular complexity index is 1070. The Kier molecular flexibility index (Phi) is 5.96. The van der Waals surface area contributed by atoms with Gasteiger partial charge >= 0.3 is 5.97 Å². The van der Waals surface area contributed by atoms with E-state index in [1.54, 1.807) is 7.05 Å². The molecule has 2 aliphatic heterocycles. The average molecular weight is 484 g/mol. The number of carboxylic acid groups (broad SMARTS) is 1. The highest BCUT2D eigenvalue weighted by molar-refractivity contribution is 8.01. The van der Waals surface area contributed by atoms with Crippen LogP contribution in [0.5, 0.6) is 0 Å². The summed E-state index contributed by atoms with van der Waals surface area (Å²) in [7, 11) is 1.66. The van der Waals surface area contributed by atoms with Crippen LogP contribution in [0, 0.1) is 4.91 Å². The fraction of sp³-hybridized carbons (Fsp3) is 0.429. The zero-order chi connectivity index (χ0) is 22.1. The van der Waals surface area contributed by atoms with Gasteiger partial charge in [-0.05, 0) is 21.2 Å². The van der Waals surface area contributed by atoms with E-state index in [0.717, 1.165) is 16.6 Å². The van der Waals surface area contributed by atoms with Gasteiger partial charge in [0, 0.05) is 18.6 Å². The van der Waals surface area contributed by atoms with Gasteiger partial charge in [0.1, 0.15) is 22.8 Å². The van der Waals surface area contributed by atoms with Crippen LogP contribution in [-0.4, -0.2) is 79.7 Å². The molecule has 1 fully saturated rings. The molecule has 0 aromatic carbocycles. The molecule has 0 aliphatic carbocycles. The van der Waals surface area contributed by atoms with E-state index in [2.05, 4.69) is 34.8 Å². The number of β-lactam (4-membered cyclic amide) rings is 1. The van der Waals surface area contributed by atoms with Crippen molar-refractivity contribution >= 4 is 53.0 Å². The number of carbonyl (C=O) groups is 3. The smallest absolute Gasteiger partial charge is 0.352 e. The summed E-state index contributed by atoms with van der Waals surface area (Å²) in [5, 5.41) is 25.9. The normalized spacial score (nSPS) is 21.3. The Morgan fingerprint density at radius 3 is 2.90 bits per heavy atom. The Balaban J connectivity index is 1.48. The highest BCUT2D eigenvalue weighted by Gasteiger charge is 2.54. The third-order valence-electron chi connectivity index (χ3n) is 4.52. The Morgan fingerprint density at radius 2 is 2.29 bits per heavy atom. The van der Waals surface area contributed by atoms with Crippen LogP contribution in [0.2, 0.25) is 0 Å². The number of rotatable bonds is 8. The van der Waals surface area contributed by atoms with Crippen LogP contribution in [0.15, 0.2) is 27.8 Å². The van der Waals surface area contributed by atoms with Crippen LogP contribution in [0.25, 0.3) is 0 Å². The van der Waals surface area contributed by atoms with Gasteiger partial charge in [-0.3, -0.25) is 14.5 Å². The van der Waals surface area contributed by atoms with E-state index in [0.29, 0.717) is 16.5 Å². The minimum absolute atomic E-state index is 0.0844. The Morgan fingerprint density at radius 1 is 1.48 bits per heavy atom. The molecule has 2 amide bonds. The first-order chi connectivity index (χ1) is 14.9. The molecule has 162 valence electrons. The zero-order valence-electron chi connectivity index (χ0n) is 15.6. The number of amides is 2. The van der Waals surface area contributed by atoms with Gasteiger partial charge in [-0.15, -0.1) is 21.8 Å². The van der Waals surface area contributed by atoms with Gasteiger partial charge in [0.25, 0.3) is 11.8 Å². The molecule has 0 bridgehead atoms. The number of nitrogens with one attached hydrogen (secondary N) is 1. The number of nitroso groups, excluding NO2 is 1. The molecule has 31 heavy (non-hydrogen) atoms. The first kappa shape index (κ1) is 21.3. The molecule has 2 aromatic heterocycles. The van der Waals surface area contributed by atoms with Crippen molar-refractivity contribution < 1.29 is 19.5 Å². The van der Waals surface area contributed by atoms with Gasteiger partial charge in [0.2, 0.25) is 11.2 Å². The predicted molar refractivity (Wildman–Crippen MR) is 108 cm³/mol. The number of hydrogen-bond donors (Lipinski definition) is 2. The summed E-state index contributed by atoms with van der Waals surface area (Å²) in [5.41, 5.74) is 0.512. The van der Waals surface area contributed by atoms with Gasteiger partial charge in [0.15, 0.2) is 0 Å². The van der Waals surface area contributed by atoms with Gasteiger partial charge in [0.05, 0.1) is 17.9 Å². The lowest BCUT2D eigenvalue weighted by Crippen LogP contribution is -2.70. The van der Waals surface area contributed by atoms with Gasteiger partial charge in [-0.1, -0.05) is 11.8 Å². The summed E-state index contributed by atoms with van der Waals surface area (Å²) in [6.45, 7) is 0. The second-order valence-corrected chi connectivity index (χ2v) is 8.97. The van der Waals surface area contributed by atoms with Gasteiger partial charge in [-0.2, -0.15) is 8.75 Å². The summed E-state index contributed by atoms with van der Waals surface area (Å²) in [6.07, 6.45) is 1.25. The number of fused-ring (bicyclic) bond motifs is 1. The molecule has 14 nitrogen and oxygen atoms in total. The fourth-order valence-electron chi connectivity index (χ4n) is 3.05. The number of hydrogen-bond acceptors (Lipinski definition) is 13. The van der Waals surface area contributed by atoms with Crippen LogP contribution < -0.4 is 5.32 Å². The van der Waals surface area contributed by atoms with Crippen LogP contribution in [0.4, 0.5) is 0 Å². The summed E-state index contributed by atoms with van der Waals surface area (Å²) in [5.74, 6) is -1.99. The van der Waals surface area contributed by atoms with Crippen molar-refractivity contribution in [3.8, 4) is 0 Å². The number of aliphatic carboxylic acids is 1. The summed E-state index contributed by atoms with van der Waals surface area (Å²) in [6, 6.07) is -2.41. The SMILES string of the molecule is Cn1nnnc1SCC1=C(C(=O)O)N2C(=O)C(NC(=O)C(N=O)c3cnsn3)[C@@H]2SC1. The average Bonchev–Trinajstić information content (AvgIpc) is 3.42. The summed E-state index contributed by atoms with van der Waals surface area (Å²) < 4.78 is 9.02. The first-order valence-corrected chi connectivity index (χ1v) is 11.3. The molecule has 2 unspecified atom stereocenters. The van der Waals surface area contributed by atoms with Crippen LogP contribution in [0.1, 0.15) is 11.7 Å². The standard InChI is InChI=1S/C14H13N9O5S3/c1-22-14(17-20-21-22)30-4-5-3-29-12-8(11(25)23(12)9(5)13(26)27)16-10(24)7(18-28)6-2-15-31-19-6/h2,7-8,12H,3-4H2,1H3,(H,16,24)(H,26,27)/t7?,8?,12-/m0/s1. The van der Waals surface area contributed by atoms with Crippen molar-refractivity contribution in [2.45, 2.75) is 22.6 Å². The third-order valence-corrected chi connectivity index (χ3v) is 7.45. The van der Waals surface area contributed by atoms with E-state index < -0.39 is 35.2 Å². The van der Waals surface area contributed by atoms with E-state index in [-0.39, 0.29) is 17.1 Å². The van der Waals surface area contributed by atoms with Crippen molar-refractivity contribution in [2.24, 2.45) is 12.2 Å². The molecule has 2 aliphatic rings. The Labute approximate surface area is 186 Å². The lowest BCUT2D eigenvalue weighted by molar-refractivity contribution is -0.150. The molecule has 3 atom stereocenters. The van der Waals surface area contributed by atoms with E-state index in [4.69, 9.17) is 0 Å². The lowest BCUT2D eigenvalue weighted by Gasteiger charge is -2.49. The van der Waals surface area contributed by atoms with Crippen LogP contribution in [0.3, 0.4) is 0 Å². The van der Waals surface area contributed by atoms with E-state index in [1.807, 2.05) is 0 Å². The van der Waals surface area contributed by atoms with E-state index in [9.17, 15) is 24.4 Å². The van der Waals surface area contributed by atoms with Crippen molar-refractivity contribution in [1.29, 1.82) is 0 Å². The molecule has 0 radical (unpaired) electrons. The number of aromatic nitrogens is 6. The fourth-order valence-corrected chi connectivity index (χ4v) is 5.83. The van der Waals surface area contributed by atoms with Crippen molar-refractivity contribution in [3.63, 3.8) is 0 Å². The highest BCUT2D eigenvalue weighted by atomic mass is 32.2. The molecule has 0 spiro atoms. The van der Waals surface area contributed by atoms with E-state index >= 15 is 0 Å². The maximum atomic E-state index is 12.7. The first-order valence-electron chi connectivity index (χ1n) is 8.57. The number of carbonyl (C=O) groups excluding carboxylic acids is 2. The van der Waals surface area contributed by atoms with Crippen LogP contribution >= 0.6 is 35.3 Å². The number of nitrogens with zero attached hydrogens (tertiary/aromatic N) is 8. The molecule has 17 heteroatoms. The monoisotopic (exact) mass is 483 g/mol. The second kappa shape index (κ2) is 8.67. The maximum absolute atomic E-state index is 12.7. The number of tetrazole rings is 1. The van der Waals surface area contributed by atoms with E-state index in [1.165, 1.54) is 34.4 Å². The molecule has 2 N–H and O–H groups in total. The van der Waals surface area contributed by atoms with Crippen molar-refractivity contribution in [3.05, 3.63) is 28.1 Å². The minimum Gasteiger partial charge on any atom is -0.477 e. The molecule has 4 heterocycles. The van der Waals surface area contributed by atoms with Crippen LogP contribution in [-0.2, 0) is 21.4 Å². The number of carboxylic acids is 1. The second-order valence-electron chi connectivity index (χ2n) is 6.37. The molecular weight excluding hydrogens is 470 g/mol. The predicted octanol–water partition coefficient (Wildman–Crippen LogP) is -0.600. The zero-order valence-corrected chi connectivity index (χ0v) is 18.1. The van der Waals surface area contributed by atoms with Crippen molar-refractivity contribution in [1.82, 2.24) is 39.2 Å². The number of thioether (sulfide) groups is 2. The largest absolute Gasteiger partial charge is 0.477 e. The van der Waals surface area contributed by atoms with Gasteiger partial charge in [-0.25, -0.2) is 9.48 Å². The molecule has 4 rings (SSSR count). The highest BCUT2D eigenvalue weighted by Crippen LogP contribution is 2.41. The summed E-state index contributed by atoms with van der Waals surface area (Å²) in [4.78, 5) is 49.3. The lowest BCUT2D eigenvalue weighted by atomic mass is 10.0. The Hall–Kier alpha value is -2.92. The molecule has 2 aromatic rings. The van der Waals surface area contributed by atoms with Gasteiger partial charge < -0.3 is 10.4 Å². The summed E-state index contributed by atoms with van der Waals surface area (Å²) >= 11 is 3.39. The third kappa shape index (κ3) is 3.90. The molecular formula is C14H13N9O5S3. The maximum Gasteiger partial charge on any atom is 0.352 e. The molecule has 0 saturated carbocycles. The topological polar surface area (TPSA) is 186 Å². The quantitative estimate of drug-likeness (QED) is 0.276. The van der Waals surface area contributed by atoms with Crippen molar-refractivity contribution in [2.75, 3.05) is 11.5 Å². The number of aryl methyl sites for hydroxylation is 1.